The van der Waals surface area contributed by atoms with E-state index in [4.69, 9.17) is 4.74 Å². The van der Waals surface area contributed by atoms with Crippen molar-refractivity contribution in [3.8, 4) is 0 Å². The molecule has 0 atom stereocenters. The smallest absolute Gasteiger partial charge is 0.316 e. The van der Waals surface area contributed by atoms with Crippen molar-refractivity contribution in [2.45, 2.75) is 12.1 Å². The number of carbonyl (C=O) groups excluding carboxylic acids is 1. The molecule has 1 rings (SSSR count). The molecule has 8 heteroatoms. The zero-order valence-electron chi connectivity index (χ0n) is 10.9. The minimum atomic E-state index is -0.277. The van der Waals surface area contributed by atoms with Crippen LogP contribution in [0.4, 0.5) is 11.9 Å². The van der Waals surface area contributed by atoms with E-state index in [0.717, 1.165) is 0 Å². The molecule has 100 valence electrons. The van der Waals surface area contributed by atoms with Gasteiger partial charge in [-0.3, -0.25) is 4.79 Å². The number of nitrogens with one attached hydrogen (secondary N) is 1. The molecule has 0 aliphatic carbocycles. The van der Waals surface area contributed by atoms with E-state index in [9.17, 15) is 4.79 Å². The maximum atomic E-state index is 11.2. The number of hydrogen-bond donors (Lipinski definition) is 1. The summed E-state index contributed by atoms with van der Waals surface area (Å²) in [4.78, 5) is 25.6. The molecule has 0 bridgehead atoms. The molecule has 1 N–H and O–H groups in total. The van der Waals surface area contributed by atoms with Crippen LogP contribution in [0.5, 0.6) is 0 Å². The Morgan fingerprint density at radius 3 is 2.67 bits per heavy atom. The van der Waals surface area contributed by atoms with E-state index in [1.807, 2.05) is 14.1 Å². The first-order valence-electron chi connectivity index (χ1n) is 5.46. The standard InChI is InChI=1S/C10H17N5O2S/c1-5-17-7(16)6-18-10-13-8(11-2)12-9(14-10)15(3)4/h5-6H2,1-4H3,(H,11,12,13,14). The number of esters is 1. The summed E-state index contributed by atoms with van der Waals surface area (Å²) in [6, 6.07) is 0. The van der Waals surface area contributed by atoms with Crippen LogP contribution in [-0.2, 0) is 9.53 Å². The van der Waals surface area contributed by atoms with Gasteiger partial charge in [0, 0.05) is 21.1 Å². The van der Waals surface area contributed by atoms with Gasteiger partial charge in [0.2, 0.25) is 11.9 Å². The fourth-order valence-corrected chi connectivity index (χ4v) is 1.68. The van der Waals surface area contributed by atoms with Gasteiger partial charge in [0.05, 0.1) is 12.4 Å². The quantitative estimate of drug-likeness (QED) is 0.596. The molecule has 0 spiro atoms. The van der Waals surface area contributed by atoms with Crippen molar-refractivity contribution in [2.75, 3.05) is 43.7 Å². The van der Waals surface area contributed by atoms with Crippen LogP contribution < -0.4 is 10.2 Å². The lowest BCUT2D eigenvalue weighted by Gasteiger charge is -2.12. The average molecular weight is 271 g/mol. The Morgan fingerprint density at radius 1 is 1.39 bits per heavy atom. The fourth-order valence-electron chi connectivity index (χ4n) is 1.05. The summed E-state index contributed by atoms with van der Waals surface area (Å²) in [5.74, 6) is 0.925. The van der Waals surface area contributed by atoms with E-state index in [-0.39, 0.29) is 11.7 Å². The highest BCUT2D eigenvalue weighted by Crippen LogP contribution is 2.17. The van der Waals surface area contributed by atoms with Crippen molar-refractivity contribution in [3.05, 3.63) is 0 Å². The molecular formula is C10H17N5O2S. The van der Waals surface area contributed by atoms with Gasteiger partial charge in [0.15, 0.2) is 5.16 Å². The van der Waals surface area contributed by atoms with E-state index in [0.29, 0.717) is 23.7 Å². The predicted octanol–water partition coefficient (Wildman–Crippen LogP) is 0.634. The average Bonchev–Trinajstić information content (AvgIpc) is 2.36. The van der Waals surface area contributed by atoms with Gasteiger partial charge in [0.1, 0.15) is 0 Å². The topological polar surface area (TPSA) is 80.2 Å². The van der Waals surface area contributed by atoms with E-state index in [1.54, 1.807) is 18.9 Å². The van der Waals surface area contributed by atoms with Crippen molar-refractivity contribution >= 4 is 29.6 Å². The molecule has 0 aliphatic heterocycles. The maximum absolute atomic E-state index is 11.2. The number of ether oxygens (including phenoxy) is 1. The van der Waals surface area contributed by atoms with Crippen LogP contribution in [0.2, 0.25) is 0 Å². The Hall–Kier alpha value is -1.57. The molecule has 0 saturated heterocycles. The van der Waals surface area contributed by atoms with Gasteiger partial charge < -0.3 is 15.0 Å². The largest absolute Gasteiger partial charge is 0.465 e. The third kappa shape index (κ3) is 4.36. The van der Waals surface area contributed by atoms with Crippen molar-refractivity contribution in [1.29, 1.82) is 0 Å². The van der Waals surface area contributed by atoms with Crippen LogP contribution in [0.25, 0.3) is 0 Å². The van der Waals surface area contributed by atoms with Gasteiger partial charge >= 0.3 is 5.97 Å². The minimum absolute atomic E-state index is 0.188. The lowest BCUT2D eigenvalue weighted by Crippen LogP contribution is -2.15. The fraction of sp³-hybridized carbons (Fsp3) is 0.600. The Bertz CT molecular complexity index is 413. The highest BCUT2D eigenvalue weighted by molar-refractivity contribution is 7.99. The Morgan fingerprint density at radius 2 is 2.11 bits per heavy atom. The molecule has 0 aromatic carbocycles. The van der Waals surface area contributed by atoms with Gasteiger partial charge in [0.25, 0.3) is 0 Å². The summed E-state index contributed by atoms with van der Waals surface area (Å²) >= 11 is 1.23. The number of hydrogen-bond acceptors (Lipinski definition) is 8. The molecule has 7 nitrogen and oxygen atoms in total. The third-order valence-electron chi connectivity index (χ3n) is 1.85. The summed E-state index contributed by atoms with van der Waals surface area (Å²) < 4.78 is 4.84. The van der Waals surface area contributed by atoms with Crippen molar-refractivity contribution in [3.63, 3.8) is 0 Å². The molecule has 0 radical (unpaired) electrons. The van der Waals surface area contributed by atoms with Gasteiger partial charge in [-0.05, 0) is 6.92 Å². The van der Waals surface area contributed by atoms with E-state index in [2.05, 4.69) is 20.3 Å². The second-order valence-electron chi connectivity index (χ2n) is 3.48. The maximum Gasteiger partial charge on any atom is 0.316 e. The molecule has 18 heavy (non-hydrogen) atoms. The zero-order valence-corrected chi connectivity index (χ0v) is 11.7. The highest BCUT2D eigenvalue weighted by atomic mass is 32.2. The molecule has 1 aromatic heterocycles. The summed E-state index contributed by atoms with van der Waals surface area (Å²) in [7, 11) is 5.41. The molecule has 0 amide bonds. The van der Waals surface area contributed by atoms with Gasteiger partial charge in [-0.1, -0.05) is 11.8 Å². The second kappa shape index (κ2) is 7.00. The Labute approximate surface area is 110 Å². The van der Waals surface area contributed by atoms with Crippen LogP contribution in [0.15, 0.2) is 5.16 Å². The van der Waals surface area contributed by atoms with Gasteiger partial charge in [-0.15, -0.1) is 0 Å². The number of carbonyl (C=O) groups is 1. The lowest BCUT2D eigenvalue weighted by atomic mass is 10.8. The molecule has 1 heterocycles. The minimum Gasteiger partial charge on any atom is -0.465 e. The van der Waals surface area contributed by atoms with Crippen LogP contribution in [0.1, 0.15) is 6.92 Å². The summed E-state index contributed by atoms with van der Waals surface area (Å²) in [6.45, 7) is 2.15. The summed E-state index contributed by atoms with van der Waals surface area (Å²) in [5, 5.41) is 3.35. The lowest BCUT2D eigenvalue weighted by molar-refractivity contribution is -0.139. The predicted molar refractivity (Wildman–Crippen MR) is 71.1 cm³/mol. The molecule has 0 fully saturated rings. The third-order valence-corrected chi connectivity index (χ3v) is 2.67. The van der Waals surface area contributed by atoms with Crippen LogP contribution in [0.3, 0.4) is 0 Å². The van der Waals surface area contributed by atoms with Gasteiger partial charge in [-0.2, -0.15) is 15.0 Å². The van der Waals surface area contributed by atoms with Crippen LogP contribution in [-0.4, -0.2) is 54.4 Å². The van der Waals surface area contributed by atoms with Crippen molar-refractivity contribution < 1.29 is 9.53 Å². The van der Waals surface area contributed by atoms with Gasteiger partial charge in [-0.25, -0.2) is 0 Å². The molecule has 1 aromatic rings. The Balaban J connectivity index is 2.75. The normalized spacial score (nSPS) is 10.0. The molecule has 0 saturated carbocycles. The SMILES string of the molecule is CCOC(=O)CSc1nc(NC)nc(N(C)C)n1. The second-order valence-corrected chi connectivity index (χ2v) is 4.42. The highest BCUT2D eigenvalue weighted by Gasteiger charge is 2.10. The molecular weight excluding hydrogens is 254 g/mol. The molecule has 0 unspecified atom stereocenters. The first-order valence-corrected chi connectivity index (χ1v) is 6.45. The number of aromatic nitrogens is 3. The zero-order chi connectivity index (χ0) is 13.5. The first-order chi connectivity index (χ1) is 8.56. The monoisotopic (exact) mass is 271 g/mol. The molecule has 0 aliphatic rings. The number of anilines is 2. The first kappa shape index (κ1) is 14.5. The number of rotatable bonds is 6. The van der Waals surface area contributed by atoms with E-state index < -0.39 is 0 Å². The van der Waals surface area contributed by atoms with E-state index >= 15 is 0 Å². The van der Waals surface area contributed by atoms with Crippen molar-refractivity contribution in [1.82, 2.24) is 15.0 Å². The Kier molecular flexibility index (Phi) is 5.63. The number of nitrogens with zero attached hydrogens (tertiary/aromatic N) is 4. The summed E-state index contributed by atoms with van der Waals surface area (Å²) in [6.07, 6.45) is 0. The number of thioether (sulfide) groups is 1. The van der Waals surface area contributed by atoms with Crippen molar-refractivity contribution in [2.24, 2.45) is 0 Å². The summed E-state index contributed by atoms with van der Waals surface area (Å²) in [5.41, 5.74) is 0. The van der Waals surface area contributed by atoms with Crippen LogP contribution in [0, 0.1) is 0 Å². The van der Waals surface area contributed by atoms with Crippen LogP contribution >= 0.6 is 11.8 Å². The van der Waals surface area contributed by atoms with E-state index in [1.165, 1.54) is 11.8 Å².